The molecule has 2 heteroatoms. The summed E-state index contributed by atoms with van der Waals surface area (Å²) >= 11 is 0. The van der Waals surface area contributed by atoms with Gasteiger partial charge in [0.25, 0.3) is 0 Å². The highest BCUT2D eigenvalue weighted by molar-refractivity contribution is 5.59. The molecule has 1 aliphatic rings. The Balaban J connectivity index is 2.34. The summed E-state index contributed by atoms with van der Waals surface area (Å²) in [6.45, 7) is 2.14. The third-order valence-corrected chi connectivity index (χ3v) is 2.75. The molecule has 2 nitrogen and oxygen atoms in total. The van der Waals surface area contributed by atoms with Crippen LogP contribution in [0.3, 0.4) is 0 Å². The number of hydrogen-bond acceptors (Lipinski definition) is 1. The van der Waals surface area contributed by atoms with Crippen molar-refractivity contribution in [2.75, 3.05) is 6.54 Å². The molecular weight excluding hydrogens is 160 g/mol. The van der Waals surface area contributed by atoms with Gasteiger partial charge in [-0.25, -0.2) is 0 Å². The predicted octanol–water partition coefficient (Wildman–Crippen LogP) is 1.58. The van der Waals surface area contributed by atoms with Gasteiger partial charge in [0.1, 0.15) is 0 Å². The summed E-state index contributed by atoms with van der Waals surface area (Å²) in [5.41, 5.74) is 4.33. The van der Waals surface area contributed by atoms with Gasteiger partial charge in [0.2, 0.25) is 0 Å². The van der Waals surface area contributed by atoms with Gasteiger partial charge in [0.05, 0.1) is 0 Å². The average Bonchev–Trinajstić information content (AvgIpc) is 2.56. The first-order valence-electron chi connectivity index (χ1n) is 4.73. The summed E-state index contributed by atoms with van der Waals surface area (Å²) in [6.07, 6.45) is 5.54. The van der Waals surface area contributed by atoms with E-state index in [0.29, 0.717) is 0 Å². The van der Waals surface area contributed by atoms with E-state index in [-0.39, 0.29) is 0 Å². The lowest BCUT2D eigenvalue weighted by atomic mass is 10.1. The van der Waals surface area contributed by atoms with Crippen LogP contribution >= 0.6 is 0 Å². The van der Waals surface area contributed by atoms with Gasteiger partial charge >= 0.3 is 0 Å². The first kappa shape index (κ1) is 7.15. The highest BCUT2D eigenvalue weighted by Gasteiger charge is 2.12. The standard InChI is InChI=1S/C11H12N2/c1-2-6-13-8-9-4-5-12-7-10(9)11(13)3-1/h1-3,6,8,12H,4-5,7H2. The number of aromatic nitrogens is 1. The summed E-state index contributed by atoms with van der Waals surface area (Å²) in [7, 11) is 0. The first-order valence-corrected chi connectivity index (χ1v) is 4.73. The van der Waals surface area contributed by atoms with Crippen LogP contribution in [0, 0.1) is 0 Å². The zero-order valence-electron chi connectivity index (χ0n) is 7.46. The van der Waals surface area contributed by atoms with Gasteiger partial charge in [0, 0.05) is 24.5 Å². The molecule has 13 heavy (non-hydrogen) atoms. The maximum absolute atomic E-state index is 3.41. The molecule has 66 valence electrons. The molecule has 0 unspecified atom stereocenters. The van der Waals surface area contributed by atoms with Crippen LogP contribution in [0.4, 0.5) is 0 Å². The molecule has 0 amide bonds. The zero-order valence-corrected chi connectivity index (χ0v) is 7.46. The Morgan fingerprint density at radius 1 is 1.31 bits per heavy atom. The molecule has 0 saturated heterocycles. The molecule has 3 heterocycles. The average molecular weight is 172 g/mol. The van der Waals surface area contributed by atoms with Crippen molar-refractivity contribution in [2.45, 2.75) is 13.0 Å². The Kier molecular flexibility index (Phi) is 1.43. The van der Waals surface area contributed by atoms with Gasteiger partial charge < -0.3 is 9.72 Å². The van der Waals surface area contributed by atoms with Crippen LogP contribution in [0.25, 0.3) is 5.52 Å². The summed E-state index contributed by atoms with van der Waals surface area (Å²) in [5.74, 6) is 0. The van der Waals surface area contributed by atoms with Crippen LogP contribution in [0.15, 0.2) is 30.6 Å². The third-order valence-electron chi connectivity index (χ3n) is 2.75. The van der Waals surface area contributed by atoms with E-state index in [4.69, 9.17) is 0 Å². The molecule has 2 aromatic heterocycles. The van der Waals surface area contributed by atoms with E-state index < -0.39 is 0 Å². The van der Waals surface area contributed by atoms with Crippen molar-refractivity contribution in [3.63, 3.8) is 0 Å². The topological polar surface area (TPSA) is 16.4 Å². The van der Waals surface area contributed by atoms with Crippen molar-refractivity contribution in [3.8, 4) is 0 Å². The minimum absolute atomic E-state index is 1.02. The molecule has 0 saturated carbocycles. The van der Waals surface area contributed by atoms with E-state index in [9.17, 15) is 0 Å². The SMILES string of the molecule is c1ccn2cc3c(c2c1)CNCC3. The normalized spacial score (nSPS) is 16.0. The van der Waals surface area contributed by atoms with Crippen LogP contribution in [0.2, 0.25) is 0 Å². The lowest BCUT2D eigenvalue weighted by Crippen LogP contribution is -2.22. The minimum Gasteiger partial charge on any atom is -0.323 e. The Bertz CT molecular complexity index is 442. The predicted molar refractivity (Wildman–Crippen MR) is 52.8 cm³/mol. The number of fused-ring (bicyclic) bond motifs is 3. The number of rotatable bonds is 0. The van der Waals surface area contributed by atoms with E-state index in [1.54, 1.807) is 0 Å². The quantitative estimate of drug-likeness (QED) is 0.638. The van der Waals surface area contributed by atoms with E-state index >= 15 is 0 Å². The molecule has 0 fully saturated rings. The molecule has 0 aromatic carbocycles. The molecule has 0 atom stereocenters. The van der Waals surface area contributed by atoms with Crippen molar-refractivity contribution in [1.82, 2.24) is 9.72 Å². The van der Waals surface area contributed by atoms with Gasteiger partial charge in [-0.05, 0) is 36.2 Å². The van der Waals surface area contributed by atoms with E-state index in [1.165, 1.54) is 16.6 Å². The molecule has 1 N–H and O–H groups in total. The van der Waals surface area contributed by atoms with Gasteiger partial charge in [0.15, 0.2) is 0 Å². The van der Waals surface area contributed by atoms with E-state index in [2.05, 4.69) is 40.3 Å². The molecule has 0 radical (unpaired) electrons. The third kappa shape index (κ3) is 0.988. The van der Waals surface area contributed by atoms with Gasteiger partial charge in [-0.15, -0.1) is 0 Å². The van der Waals surface area contributed by atoms with Crippen molar-refractivity contribution in [2.24, 2.45) is 0 Å². The second-order valence-electron chi connectivity index (χ2n) is 3.55. The maximum atomic E-state index is 3.41. The van der Waals surface area contributed by atoms with Crippen molar-refractivity contribution < 1.29 is 0 Å². The molecular formula is C11H12N2. The second-order valence-corrected chi connectivity index (χ2v) is 3.55. The van der Waals surface area contributed by atoms with Gasteiger partial charge in [-0.3, -0.25) is 0 Å². The Morgan fingerprint density at radius 2 is 2.31 bits per heavy atom. The molecule has 0 aliphatic carbocycles. The van der Waals surface area contributed by atoms with E-state index in [0.717, 1.165) is 19.5 Å². The Hall–Kier alpha value is -1.28. The number of pyridine rings is 1. The summed E-state index contributed by atoms with van der Waals surface area (Å²) in [6, 6.07) is 6.36. The van der Waals surface area contributed by atoms with Crippen LogP contribution in [0.1, 0.15) is 11.1 Å². The monoisotopic (exact) mass is 172 g/mol. The van der Waals surface area contributed by atoms with Crippen molar-refractivity contribution in [3.05, 3.63) is 41.7 Å². The first-order chi connectivity index (χ1) is 6.45. The second kappa shape index (κ2) is 2.60. The maximum Gasteiger partial charge on any atom is 0.0497 e. The largest absolute Gasteiger partial charge is 0.323 e. The fourth-order valence-electron chi connectivity index (χ4n) is 2.09. The van der Waals surface area contributed by atoms with Gasteiger partial charge in [-0.2, -0.15) is 0 Å². The number of hydrogen-bond donors (Lipinski definition) is 1. The van der Waals surface area contributed by atoms with Crippen molar-refractivity contribution in [1.29, 1.82) is 0 Å². The van der Waals surface area contributed by atoms with Crippen LogP contribution in [-0.4, -0.2) is 10.9 Å². The molecule has 1 aliphatic heterocycles. The fraction of sp³-hybridized carbons (Fsp3) is 0.273. The minimum atomic E-state index is 1.02. The Morgan fingerprint density at radius 3 is 3.31 bits per heavy atom. The fourth-order valence-corrected chi connectivity index (χ4v) is 2.09. The van der Waals surface area contributed by atoms with Crippen LogP contribution in [-0.2, 0) is 13.0 Å². The number of nitrogens with one attached hydrogen (secondary N) is 1. The van der Waals surface area contributed by atoms with Crippen LogP contribution < -0.4 is 5.32 Å². The lowest BCUT2D eigenvalue weighted by Gasteiger charge is -2.12. The Labute approximate surface area is 77.2 Å². The highest BCUT2D eigenvalue weighted by atomic mass is 14.9. The highest BCUT2D eigenvalue weighted by Crippen LogP contribution is 2.20. The van der Waals surface area contributed by atoms with Crippen molar-refractivity contribution >= 4 is 5.52 Å². The zero-order chi connectivity index (χ0) is 8.67. The molecule has 0 spiro atoms. The van der Waals surface area contributed by atoms with Gasteiger partial charge in [-0.1, -0.05) is 6.07 Å². The van der Waals surface area contributed by atoms with E-state index in [1.807, 2.05) is 0 Å². The summed E-state index contributed by atoms with van der Waals surface area (Å²) in [4.78, 5) is 0. The summed E-state index contributed by atoms with van der Waals surface area (Å²) < 4.78 is 2.22. The molecule has 2 aromatic rings. The summed E-state index contributed by atoms with van der Waals surface area (Å²) in [5, 5.41) is 3.41. The smallest absolute Gasteiger partial charge is 0.0497 e. The molecule has 3 rings (SSSR count). The lowest BCUT2D eigenvalue weighted by molar-refractivity contribution is 0.650. The number of nitrogens with zero attached hydrogens (tertiary/aromatic N) is 1. The van der Waals surface area contributed by atoms with Crippen LogP contribution in [0.5, 0.6) is 0 Å². The molecule has 0 bridgehead atoms.